The molecule has 0 saturated carbocycles. The lowest BCUT2D eigenvalue weighted by Crippen LogP contribution is -2.52. The highest BCUT2D eigenvalue weighted by Crippen LogP contribution is 2.26. The van der Waals surface area contributed by atoms with Gasteiger partial charge in [-0.2, -0.15) is 0 Å². The van der Waals surface area contributed by atoms with E-state index in [-0.39, 0.29) is 5.91 Å². The number of nitrogens with zero attached hydrogens (tertiary/aromatic N) is 1. The van der Waals surface area contributed by atoms with E-state index in [1.807, 2.05) is 6.92 Å². The van der Waals surface area contributed by atoms with Crippen molar-refractivity contribution in [1.82, 2.24) is 10.2 Å². The molecule has 1 amide bonds. The quantitative estimate of drug-likeness (QED) is 0.468. The van der Waals surface area contributed by atoms with Crippen molar-refractivity contribution in [2.75, 3.05) is 13.1 Å². The van der Waals surface area contributed by atoms with Crippen LogP contribution in [0.15, 0.2) is 30.3 Å². The minimum Gasteiger partial charge on any atom is -0.353 e. The molecule has 1 N–H and O–H groups in total. The topological polar surface area (TPSA) is 32.3 Å². The molecule has 0 aliphatic carbocycles. The van der Waals surface area contributed by atoms with E-state index in [1.54, 1.807) is 0 Å². The molecule has 0 bridgehead atoms. The predicted molar refractivity (Wildman–Crippen MR) is 95.5 cm³/mol. The van der Waals surface area contributed by atoms with Gasteiger partial charge >= 0.3 is 0 Å². The second-order valence-electron chi connectivity index (χ2n) is 5.91. The normalized spacial score (nSPS) is 26.5. The minimum atomic E-state index is 0.174. The number of rotatable bonds is 5. The second-order valence-corrected chi connectivity index (χ2v) is 7.34. The van der Waals surface area contributed by atoms with Gasteiger partial charge in [-0.25, -0.2) is 0 Å². The molecule has 3 atom stereocenters. The Balaban J connectivity index is 1.85. The molecule has 1 aliphatic rings. The summed E-state index contributed by atoms with van der Waals surface area (Å²) >= 11 is 2.52. The molecule has 1 unspecified atom stereocenters. The molecular weight excluding hydrogens is 375 g/mol. The Morgan fingerprint density at radius 2 is 2.10 bits per heavy atom. The smallest absolute Gasteiger partial charge is 0.219 e. The van der Waals surface area contributed by atoms with Gasteiger partial charge in [-0.3, -0.25) is 9.69 Å². The maximum atomic E-state index is 11.6. The monoisotopic (exact) mass is 400 g/mol. The number of halogens is 1. The number of alkyl halides is 1. The highest BCUT2D eigenvalue weighted by molar-refractivity contribution is 14.1. The Morgan fingerprint density at radius 3 is 2.76 bits per heavy atom. The first-order valence-electron chi connectivity index (χ1n) is 7.81. The van der Waals surface area contributed by atoms with Crippen molar-refractivity contribution in [1.29, 1.82) is 0 Å². The third-order valence-corrected chi connectivity index (χ3v) is 5.55. The fraction of sp³-hybridized carbons (Fsp3) is 0.588. The van der Waals surface area contributed by atoms with Crippen LogP contribution in [0.2, 0.25) is 0 Å². The largest absolute Gasteiger partial charge is 0.353 e. The van der Waals surface area contributed by atoms with Crippen molar-refractivity contribution in [2.45, 2.75) is 43.2 Å². The molecule has 116 valence electrons. The van der Waals surface area contributed by atoms with Crippen molar-refractivity contribution in [2.24, 2.45) is 5.92 Å². The van der Waals surface area contributed by atoms with Gasteiger partial charge in [0, 0.05) is 25.6 Å². The lowest BCUT2D eigenvalue weighted by molar-refractivity contribution is -0.122. The second kappa shape index (κ2) is 8.13. The van der Waals surface area contributed by atoms with E-state index in [0.717, 1.165) is 25.9 Å². The SMILES string of the molecule is CCC(=O)N[C@H]1CC(I)N(CCc2ccccc2)C[C@@H]1C. The van der Waals surface area contributed by atoms with Gasteiger partial charge in [-0.05, 0) is 24.3 Å². The van der Waals surface area contributed by atoms with E-state index in [1.165, 1.54) is 5.56 Å². The van der Waals surface area contributed by atoms with Crippen LogP contribution in [0.4, 0.5) is 0 Å². The zero-order chi connectivity index (χ0) is 15.2. The molecule has 2 rings (SSSR count). The third kappa shape index (κ3) is 4.95. The van der Waals surface area contributed by atoms with E-state index in [9.17, 15) is 4.79 Å². The summed E-state index contributed by atoms with van der Waals surface area (Å²) in [4.78, 5) is 14.1. The van der Waals surface area contributed by atoms with Crippen molar-refractivity contribution < 1.29 is 4.79 Å². The van der Waals surface area contributed by atoms with Gasteiger partial charge in [0.05, 0.1) is 4.05 Å². The average molecular weight is 400 g/mol. The summed E-state index contributed by atoms with van der Waals surface area (Å²) in [7, 11) is 0. The minimum absolute atomic E-state index is 0.174. The Morgan fingerprint density at radius 1 is 1.38 bits per heavy atom. The van der Waals surface area contributed by atoms with Crippen LogP contribution < -0.4 is 5.32 Å². The van der Waals surface area contributed by atoms with Crippen LogP contribution in [0, 0.1) is 5.92 Å². The number of carbonyl (C=O) groups is 1. The number of likely N-dealkylation sites (tertiary alicyclic amines) is 1. The molecule has 0 aromatic heterocycles. The van der Waals surface area contributed by atoms with Crippen molar-refractivity contribution in [3.63, 3.8) is 0 Å². The lowest BCUT2D eigenvalue weighted by atomic mass is 9.93. The van der Waals surface area contributed by atoms with Crippen molar-refractivity contribution >= 4 is 28.5 Å². The molecule has 1 fully saturated rings. The average Bonchev–Trinajstić information content (AvgIpc) is 2.50. The summed E-state index contributed by atoms with van der Waals surface area (Å²) in [6.45, 7) is 6.32. The first-order valence-corrected chi connectivity index (χ1v) is 9.06. The van der Waals surface area contributed by atoms with E-state index in [2.05, 4.69) is 70.1 Å². The van der Waals surface area contributed by atoms with Gasteiger partial charge in [-0.15, -0.1) is 0 Å². The predicted octanol–water partition coefficient (Wildman–Crippen LogP) is 3.23. The van der Waals surface area contributed by atoms with Gasteiger partial charge in [0.15, 0.2) is 0 Å². The van der Waals surface area contributed by atoms with Crippen molar-refractivity contribution in [3.05, 3.63) is 35.9 Å². The van der Waals surface area contributed by atoms with Crippen molar-refractivity contribution in [3.8, 4) is 0 Å². The molecule has 0 spiro atoms. The highest BCUT2D eigenvalue weighted by Gasteiger charge is 2.32. The molecule has 1 aliphatic heterocycles. The summed E-state index contributed by atoms with van der Waals surface area (Å²) in [5.74, 6) is 0.690. The summed E-state index contributed by atoms with van der Waals surface area (Å²) < 4.78 is 0.504. The Kier molecular flexibility index (Phi) is 6.48. The third-order valence-electron chi connectivity index (χ3n) is 4.25. The number of carbonyl (C=O) groups excluding carboxylic acids is 1. The molecule has 1 aromatic carbocycles. The zero-order valence-electron chi connectivity index (χ0n) is 12.9. The summed E-state index contributed by atoms with van der Waals surface area (Å²) in [5, 5.41) is 3.17. The maximum absolute atomic E-state index is 11.6. The van der Waals surface area contributed by atoms with Crippen LogP contribution in [0.3, 0.4) is 0 Å². The molecule has 1 saturated heterocycles. The molecule has 1 aromatic rings. The number of hydrogen-bond acceptors (Lipinski definition) is 2. The fourth-order valence-corrected chi connectivity index (χ4v) is 3.92. The summed E-state index contributed by atoms with van der Waals surface area (Å²) in [6, 6.07) is 11.0. The lowest BCUT2D eigenvalue weighted by Gasteiger charge is -2.41. The van der Waals surface area contributed by atoms with Crippen LogP contribution in [-0.2, 0) is 11.2 Å². The van der Waals surface area contributed by atoms with Crippen LogP contribution in [0.25, 0.3) is 0 Å². The fourth-order valence-electron chi connectivity index (χ4n) is 2.86. The number of amides is 1. The Hall–Kier alpha value is -0.620. The van der Waals surface area contributed by atoms with Gasteiger partial charge in [0.1, 0.15) is 0 Å². The molecular formula is C17H25IN2O. The van der Waals surface area contributed by atoms with Gasteiger partial charge < -0.3 is 5.32 Å². The van der Waals surface area contributed by atoms with Crippen LogP contribution in [0.1, 0.15) is 32.3 Å². The van der Waals surface area contributed by atoms with Gasteiger partial charge in [0.25, 0.3) is 0 Å². The van der Waals surface area contributed by atoms with E-state index in [0.29, 0.717) is 22.4 Å². The first-order chi connectivity index (χ1) is 10.1. The molecule has 3 nitrogen and oxygen atoms in total. The van der Waals surface area contributed by atoms with E-state index >= 15 is 0 Å². The zero-order valence-corrected chi connectivity index (χ0v) is 15.0. The molecule has 21 heavy (non-hydrogen) atoms. The molecule has 0 radical (unpaired) electrons. The van der Waals surface area contributed by atoms with Gasteiger partial charge in [0.2, 0.25) is 5.91 Å². The number of piperidine rings is 1. The van der Waals surface area contributed by atoms with Crippen LogP contribution >= 0.6 is 22.6 Å². The maximum Gasteiger partial charge on any atom is 0.219 e. The standard InChI is InChI=1S/C17H25IN2O/c1-3-17(21)19-15-11-16(18)20(12-13(15)2)10-9-14-7-5-4-6-8-14/h4-8,13,15-16H,3,9-12H2,1-2H3,(H,19,21)/t13-,15-,16?/m0/s1. The van der Waals surface area contributed by atoms with E-state index in [4.69, 9.17) is 0 Å². The van der Waals surface area contributed by atoms with Crippen LogP contribution in [-0.4, -0.2) is 34.0 Å². The summed E-state index contributed by atoms with van der Waals surface area (Å²) in [6.07, 6.45) is 2.72. The molecule has 1 heterocycles. The number of nitrogens with one attached hydrogen (secondary N) is 1. The number of benzene rings is 1. The van der Waals surface area contributed by atoms with E-state index < -0.39 is 0 Å². The molecule has 4 heteroatoms. The Labute approximate surface area is 141 Å². The summed E-state index contributed by atoms with van der Waals surface area (Å²) in [5.41, 5.74) is 1.40. The Bertz CT molecular complexity index is 451. The van der Waals surface area contributed by atoms with Crippen LogP contribution in [0.5, 0.6) is 0 Å². The number of hydrogen-bond donors (Lipinski definition) is 1. The highest BCUT2D eigenvalue weighted by atomic mass is 127. The van der Waals surface area contributed by atoms with Gasteiger partial charge in [-0.1, -0.05) is 66.8 Å². The first kappa shape index (κ1) is 16.7.